The maximum atomic E-state index is 13.6. The number of hydrogen-bond acceptors (Lipinski definition) is 5. The predicted octanol–water partition coefficient (Wildman–Crippen LogP) is 1.55. The van der Waals surface area contributed by atoms with E-state index in [0.29, 0.717) is 25.7 Å². The molecule has 27 heavy (non-hydrogen) atoms. The minimum Gasteiger partial charge on any atom is -0.395 e. The zero-order chi connectivity index (χ0) is 19.6. The molecule has 0 radical (unpaired) electrons. The number of nitrogens with zero attached hydrogens (tertiary/aromatic N) is 3. The van der Waals surface area contributed by atoms with Gasteiger partial charge in [0.1, 0.15) is 10.7 Å². The van der Waals surface area contributed by atoms with E-state index in [1.807, 2.05) is 0 Å². The van der Waals surface area contributed by atoms with Gasteiger partial charge in [-0.2, -0.15) is 4.31 Å². The first-order chi connectivity index (χ1) is 12.8. The molecule has 2 fully saturated rings. The summed E-state index contributed by atoms with van der Waals surface area (Å²) in [5.74, 6) is -0.502. The third-order valence-corrected chi connectivity index (χ3v) is 7.96. The molecule has 0 aromatic heterocycles. The van der Waals surface area contributed by atoms with Crippen LogP contribution in [0, 0.1) is 12.7 Å². The number of sulfonamides is 1. The SMILES string of the molecule is Cc1cc(S(=O)(=O)N2CCC(N3CCN(CCO)CC3)CC2)c(Cl)cc1F. The number of aliphatic hydroxyl groups excluding tert-OH is 1. The zero-order valence-electron chi connectivity index (χ0n) is 15.6. The fourth-order valence-corrected chi connectivity index (χ4v) is 5.95. The Morgan fingerprint density at radius 1 is 1.15 bits per heavy atom. The highest BCUT2D eigenvalue weighted by Crippen LogP contribution is 2.30. The van der Waals surface area contributed by atoms with Crippen LogP contribution in [0.25, 0.3) is 0 Å². The molecule has 2 saturated heterocycles. The fraction of sp³-hybridized carbons (Fsp3) is 0.667. The van der Waals surface area contributed by atoms with E-state index in [1.165, 1.54) is 17.3 Å². The second-order valence-electron chi connectivity index (χ2n) is 7.27. The number of hydrogen-bond donors (Lipinski definition) is 1. The van der Waals surface area contributed by atoms with Crippen molar-refractivity contribution < 1.29 is 17.9 Å². The Morgan fingerprint density at radius 2 is 1.78 bits per heavy atom. The first-order valence-corrected chi connectivity index (χ1v) is 11.2. The van der Waals surface area contributed by atoms with Gasteiger partial charge < -0.3 is 5.11 Å². The number of halogens is 2. The molecule has 1 N–H and O–H groups in total. The molecular weight excluding hydrogens is 393 g/mol. The Morgan fingerprint density at radius 3 is 2.37 bits per heavy atom. The summed E-state index contributed by atoms with van der Waals surface area (Å²) in [6.07, 6.45) is 1.55. The molecule has 2 aliphatic rings. The van der Waals surface area contributed by atoms with E-state index in [-0.39, 0.29) is 22.1 Å². The van der Waals surface area contributed by atoms with Gasteiger partial charge in [0.2, 0.25) is 10.0 Å². The maximum Gasteiger partial charge on any atom is 0.244 e. The van der Waals surface area contributed by atoms with Crippen LogP contribution in [0.15, 0.2) is 17.0 Å². The molecule has 0 aliphatic carbocycles. The van der Waals surface area contributed by atoms with Gasteiger partial charge in [0.05, 0.1) is 11.6 Å². The van der Waals surface area contributed by atoms with Crippen molar-refractivity contribution in [2.24, 2.45) is 0 Å². The standard InChI is InChI=1S/C18H27ClFN3O3S/c1-14-12-18(16(19)13-17(14)20)27(25,26)23-4-2-15(3-5-23)22-8-6-21(7-9-22)10-11-24/h12-13,15,24H,2-11H2,1H3. The average molecular weight is 420 g/mol. The minimum absolute atomic E-state index is 0.0147. The summed E-state index contributed by atoms with van der Waals surface area (Å²) in [6.45, 7) is 7.07. The van der Waals surface area contributed by atoms with Gasteiger partial charge in [-0.3, -0.25) is 9.80 Å². The summed E-state index contributed by atoms with van der Waals surface area (Å²) in [6, 6.07) is 2.76. The fourth-order valence-electron chi connectivity index (χ4n) is 3.91. The van der Waals surface area contributed by atoms with Crippen molar-refractivity contribution in [1.82, 2.24) is 14.1 Å². The quantitative estimate of drug-likeness (QED) is 0.784. The zero-order valence-corrected chi connectivity index (χ0v) is 17.1. The molecule has 9 heteroatoms. The average Bonchev–Trinajstić information content (AvgIpc) is 2.65. The molecule has 0 saturated carbocycles. The van der Waals surface area contributed by atoms with E-state index in [2.05, 4.69) is 9.80 Å². The van der Waals surface area contributed by atoms with Gasteiger partial charge in [0.15, 0.2) is 0 Å². The highest BCUT2D eigenvalue weighted by molar-refractivity contribution is 7.89. The Balaban J connectivity index is 1.61. The molecule has 0 atom stereocenters. The first-order valence-electron chi connectivity index (χ1n) is 9.36. The van der Waals surface area contributed by atoms with Gasteiger partial charge in [-0.05, 0) is 37.5 Å². The number of rotatable bonds is 5. The van der Waals surface area contributed by atoms with Crippen LogP contribution >= 0.6 is 11.6 Å². The molecule has 0 bridgehead atoms. The highest BCUT2D eigenvalue weighted by atomic mass is 35.5. The molecule has 0 unspecified atom stereocenters. The molecule has 1 aromatic carbocycles. The van der Waals surface area contributed by atoms with Crippen molar-refractivity contribution in [2.75, 3.05) is 52.4 Å². The lowest BCUT2D eigenvalue weighted by Gasteiger charge is -2.42. The van der Waals surface area contributed by atoms with Crippen LogP contribution in [0.5, 0.6) is 0 Å². The van der Waals surface area contributed by atoms with Crippen molar-refractivity contribution in [3.63, 3.8) is 0 Å². The van der Waals surface area contributed by atoms with E-state index in [9.17, 15) is 12.8 Å². The summed E-state index contributed by atoms with van der Waals surface area (Å²) in [5.41, 5.74) is 0.272. The van der Waals surface area contributed by atoms with Gasteiger partial charge >= 0.3 is 0 Å². The maximum absolute atomic E-state index is 13.6. The lowest BCUT2D eigenvalue weighted by Crippen LogP contribution is -2.54. The molecule has 2 heterocycles. The summed E-state index contributed by atoms with van der Waals surface area (Å²) in [5, 5.41) is 8.97. The van der Waals surface area contributed by atoms with Crippen molar-refractivity contribution in [3.05, 3.63) is 28.5 Å². The number of β-amino-alcohol motifs (C(OH)–C–C–N with tert-alkyl or cyclic N) is 1. The van der Waals surface area contributed by atoms with E-state index in [0.717, 1.165) is 45.1 Å². The number of piperidine rings is 1. The Kier molecular flexibility index (Phi) is 6.76. The van der Waals surface area contributed by atoms with Gasteiger partial charge in [-0.25, -0.2) is 12.8 Å². The van der Waals surface area contributed by atoms with Crippen molar-refractivity contribution in [1.29, 1.82) is 0 Å². The smallest absolute Gasteiger partial charge is 0.244 e. The van der Waals surface area contributed by atoms with Crippen LogP contribution in [-0.4, -0.2) is 86.1 Å². The molecule has 0 spiro atoms. The monoisotopic (exact) mass is 419 g/mol. The summed E-state index contributed by atoms with van der Waals surface area (Å²) >= 11 is 6.02. The van der Waals surface area contributed by atoms with Crippen LogP contribution in [0.2, 0.25) is 5.02 Å². The van der Waals surface area contributed by atoms with E-state index < -0.39 is 15.8 Å². The lowest BCUT2D eigenvalue weighted by atomic mass is 10.0. The number of piperazine rings is 1. The van der Waals surface area contributed by atoms with Crippen molar-refractivity contribution in [3.8, 4) is 0 Å². The first kappa shape index (κ1) is 21.0. The topological polar surface area (TPSA) is 64.1 Å². The van der Waals surface area contributed by atoms with Crippen LogP contribution in [-0.2, 0) is 10.0 Å². The second-order valence-corrected chi connectivity index (χ2v) is 9.58. The van der Waals surface area contributed by atoms with E-state index >= 15 is 0 Å². The second kappa shape index (κ2) is 8.71. The van der Waals surface area contributed by atoms with Crippen LogP contribution in [0.4, 0.5) is 4.39 Å². The van der Waals surface area contributed by atoms with Gasteiger partial charge in [-0.15, -0.1) is 0 Å². The highest BCUT2D eigenvalue weighted by Gasteiger charge is 2.34. The number of aryl methyl sites for hydroxylation is 1. The minimum atomic E-state index is -3.72. The molecular formula is C18H27ClFN3O3S. The predicted molar refractivity (Wildman–Crippen MR) is 103 cm³/mol. The van der Waals surface area contributed by atoms with Crippen LogP contribution < -0.4 is 0 Å². The van der Waals surface area contributed by atoms with Crippen molar-refractivity contribution >= 4 is 21.6 Å². The number of aliphatic hydroxyl groups is 1. The van der Waals surface area contributed by atoms with Crippen LogP contribution in [0.1, 0.15) is 18.4 Å². The number of benzene rings is 1. The molecule has 0 amide bonds. The van der Waals surface area contributed by atoms with Gasteiger partial charge in [0, 0.05) is 51.9 Å². The summed E-state index contributed by atoms with van der Waals surface area (Å²) in [7, 11) is -3.72. The molecule has 1 aromatic rings. The molecule has 6 nitrogen and oxygen atoms in total. The van der Waals surface area contributed by atoms with E-state index in [4.69, 9.17) is 16.7 Å². The van der Waals surface area contributed by atoms with E-state index in [1.54, 1.807) is 0 Å². The third-order valence-electron chi connectivity index (χ3n) is 5.59. The molecule has 2 aliphatic heterocycles. The summed E-state index contributed by atoms with van der Waals surface area (Å²) in [4.78, 5) is 4.65. The van der Waals surface area contributed by atoms with Crippen molar-refractivity contribution in [2.45, 2.75) is 30.7 Å². The summed E-state index contributed by atoms with van der Waals surface area (Å²) < 4.78 is 41.0. The normalized spacial score (nSPS) is 21.6. The van der Waals surface area contributed by atoms with Crippen LogP contribution in [0.3, 0.4) is 0 Å². The lowest BCUT2D eigenvalue weighted by molar-refractivity contribution is 0.0645. The third kappa shape index (κ3) is 4.63. The van der Waals surface area contributed by atoms with Gasteiger partial charge in [-0.1, -0.05) is 11.6 Å². The Hall–Kier alpha value is -0.770. The Labute approximate surface area is 165 Å². The molecule has 152 valence electrons. The van der Waals surface area contributed by atoms with Gasteiger partial charge in [0.25, 0.3) is 0 Å². The Bertz CT molecular complexity index is 761. The largest absolute Gasteiger partial charge is 0.395 e. The molecule has 3 rings (SSSR count).